The molecule has 32 heavy (non-hydrogen) atoms. The summed E-state index contributed by atoms with van der Waals surface area (Å²) in [6.45, 7) is 8.91. The van der Waals surface area contributed by atoms with Crippen molar-refractivity contribution in [1.29, 1.82) is 0 Å². The molecule has 0 unspecified atom stereocenters. The van der Waals surface area contributed by atoms with Gasteiger partial charge in [-0.1, -0.05) is 29.2 Å². The number of imidazole rings is 1. The lowest BCUT2D eigenvalue weighted by molar-refractivity contribution is -0.113. The van der Waals surface area contributed by atoms with Crippen LogP contribution in [0.4, 0.5) is 5.13 Å². The van der Waals surface area contributed by atoms with Crippen molar-refractivity contribution in [3.05, 3.63) is 47.0 Å². The lowest BCUT2D eigenvalue weighted by atomic mass is 10.1. The topological polar surface area (TPSA) is 86.1 Å². The summed E-state index contributed by atoms with van der Waals surface area (Å²) in [5.74, 6) is -0.289. The number of carbonyl (C=O) groups excluding carboxylic acids is 2. The molecular weight excluding hydrogens is 444 g/mol. The largest absolute Gasteiger partial charge is 0.462 e. The highest BCUT2D eigenvalue weighted by molar-refractivity contribution is 7.99. The fraction of sp³-hybridized carbons (Fsp3) is 0.304. The number of anilines is 1. The van der Waals surface area contributed by atoms with Crippen molar-refractivity contribution < 1.29 is 14.3 Å². The van der Waals surface area contributed by atoms with E-state index in [9.17, 15) is 9.59 Å². The van der Waals surface area contributed by atoms with Gasteiger partial charge in [0.05, 0.1) is 39.2 Å². The average Bonchev–Trinajstić information content (AvgIpc) is 3.32. The lowest BCUT2D eigenvalue weighted by Crippen LogP contribution is -2.14. The summed E-state index contributed by atoms with van der Waals surface area (Å²) in [7, 11) is 0. The number of carbonyl (C=O) groups is 2. The Morgan fingerprint density at radius 2 is 1.97 bits per heavy atom. The molecule has 1 amide bonds. The molecule has 2 aromatic carbocycles. The fourth-order valence-corrected chi connectivity index (χ4v) is 5.51. The highest BCUT2D eigenvalue weighted by atomic mass is 32.2. The summed E-state index contributed by atoms with van der Waals surface area (Å²) < 4.78 is 8.17. The second kappa shape index (κ2) is 9.30. The van der Waals surface area contributed by atoms with E-state index >= 15 is 0 Å². The third kappa shape index (κ3) is 4.49. The Balaban J connectivity index is 1.49. The van der Waals surface area contributed by atoms with Crippen molar-refractivity contribution in [2.45, 2.75) is 39.4 Å². The minimum Gasteiger partial charge on any atom is -0.462 e. The van der Waals surface area contributed by atoms with Crippen molar-refractivity contribution >= 4 is 61.4 Å². The summed E-state index contributed by atoms with van der Waals surface area (Å²) in [6.07, 6.45) is 0. The number of nitrogens with zero attached hydrogens (tertiary/aromatic N) is 3. The Labute approximate surface area is 194 Å². The molecule has 0 aliphatic rings. The maximum atomic E-state index is 12.6. The smallest absolute Gasteiger partial charge is 0.338 e. The molecule has 0 spiro atoms. The average molecular weight is 469 g/mol. The van der Waals surface area contributed by atoms with Crippen LogP contribution in [0.3, 0.4) is 0 Å². The third-order valence-corrected chi connectivity index (χ3v) is 6.84. The highest BCUT2D eigenvalue weighted by Crippen LogP contribution is 2.30. The summed E-state index contributed by atoms with van der Waals surface area (Å²) in [6, 6.07) is 9.51. The fourth-order valence-electron chi connectivity index (χ4n) is 3.57. The second-order valence-corrected chi connectivity index (χ2v) is 9.32. The van der Waals surface area contributed by atoms with Gasteiger partial charge in [-0.2, -0.15) is 0 Å². The molecule has 9 heteroatoms. The number of nitrogens with one attached hydrogen (secondary N) is 1. The number of rotatable bonds is 7. The van der Waals surface area contributed by atoms with Gasteiger partial charge in [-0.15, -0.1) is 0 Å². The highest BCUT2D eigenvalue weighted by Gasteiger charge is 2.16. The first-order chi connectivity index (χ1) is 15.4. The number of amides is 1. The molecule has 2 heterocycles. The minimum absolute atomic E-state index is 0.134. The van der Waals surface area contributed by atoms with Gasteiger partial charge in [-0.25, -0.2) is 14.8 Å². The standard InChI is InChI=1S/C23H24N4O3S2/c1-5-27-17-8-7-15(21(29)30-6-2)11-16(17)24-23(27)31-12-19(28)25-22-26-20-14(4)9-13(3)10-18(20)32-22/h7-11H,5-6,12H2,1-4H3,(H,25,26,28). The molecule has 4 rings (SSSR count). The van der Waals surface area contributed by atoms with Gasteiger partial charge in [-0.05, 0) is 63.1 Å². The summed E-state index contributed by atoms with van der Waals surface area (Å²) in [5.41, 5.74) is 5.30. The number of thiazole rings is 1. The predicted octanol–water partition coefficient (Wildman–Crippen LogP) is 5.19. The maximum absolute atomic E-state index is 12.6. The molecule has 1 N–H and O–H groups in total. The number of aromatic nitrogens is 3. The van der Waals surface area contributed by atoms with Crippen LogP contribution in [-0.4, -0.2) is 38.8 Å². The van der Waals surface area contributed by atoms with Crippen LogP contribution in [0.25, 0.3) is 21.3 Å². The van der Waals surface area contributed by atoms with Crippen LogP contribution in [0.1, 0.15) is 35.3 Å². The number of thioether (sulfide) groups is 1. The van der Waals surface area contributed by atoms with Crippen molar-refractivity contribution in [3.8, 4) is 0 Å². The molecule has 2 aromatic heterocycles. The van der Waals surface area contributed by atoms with E-state index in [-0.39, 0.29) is 17.6 Å². The Morgan fingerprint density at radius 1 is 1.16 bits per heavy atom. The van der Waals surface area contributed by atoms with E-state index in [1.54, 1.807) is 19.1 Å². The first kappa shape index (κ1) is 22.3. The van der Waals surface area contributed by atoms with Gasteiger partial charge in [0.1, 0.15) is 0 Å². The number of fused-ring (bicyclic) bond motifs is 2. The molecular formula is C23H24N4O3S2. The lowest BCUT2D eigenvalue weighted by Gasteiger charge is -2.06. The summed E-state index contributed by atoms with van der Waals surface area (Å²) in [5, 5.41) is 4.24. The first-order valence-electron chi connectivity index (χ1n) is 10.4. The predicted molar refractivity (Wildman–Crippen MR) is 130 cm³/mol. The van der Waals surface area contributed by atoms with E-state index < -0.39 is 0 Å². The molecule has 0 fully saturated rings. The van der Waals surface area contributed by atoms with Gasteiger partial charge >= 0.3 is 5.97 Å². The number of ether oxygens (including phenoxy) is 1. The van der Waals surface area contributed by atoms with E-state index in [4.69, 9.17) is 4.74 Å². The molecule has 0 radical (unpaired) electrons. The van der Waals surface area contributed by atoms with Crippen LogP contribution in [0, 0.1) is 13.8 Å². The number of hydrogen-bond donors (Lipinski definition) is 1. The third-order valence-electron chi connectivity index (χ3n) is 4.95. The van der Waals surface area contributed by atoms with Crippen molar-refractivity contribution in [2.75, 3.05) is 17.7 Å². The molecule has 0 saturated heterocycles. The summed E-state index contributed by atoms with van der Waals surface area (Å²) >= 11 is 2.84. The minimum atomic E-state index is -0.365. The Bertz CT molecular complexity index is 1330. The zero-order valence-electron chi connectivity index (χ0n) is 18.4. The normalized spacial score (nSPS) is 11.2. The number of hydrogen-bond acceptors (Lipinski definition) is 7. The van der Waals surface area contributed by atoms with Crippen LogP contribution in [0.5, 0.6) is 0 Å². The Morgan fingerprint density at radius 3 is 2.72 bits per heavy atom. The molecule has 0 saturated carbocycles. The van der Waals surface area contributed by atoms with Gasteiger partial charge in [0.25, 0.3) is 0 Å². The number of esters is 1. The van der Waals surface area contributed by atoms with Crippen LogP contribution < -0.4 is 5.32 Å². The van der Waals surface area contributed by atoms with Gasteiger partial charge in [0, 0.05) is 6.54 Å². The quantitative estimate of drug-likeness (QED) is 0.297. The molecule has 0 bridgehead atoms. The zero-order valence-corrected chi connectivity index (χ0v) is 20.0. The van der Waals surface area contributed by atoms with Crippen LogP contribution in [0.2, 0.25) is 0 Å². The first-order valence-corrected chi connectivity index (χ1v) is 12.2. The maximum Gasteiger partial charge on any atom is 0.338 e. The molecule has 4 aromatic rings. The van der Waals surface area contributed by atoms with Gasteiger partial charge in [0.15, 0.2) is 10.3 Å². The van der Waals surface area contributed by atoms with E-state index in [0.717, 1.165) is 26.5 Å². The second-order valence-electron chi connectivity index (χ2n) is 7.35. The van der Waals surface area contributed by atoms with E-state index in [2.05, 4.69) is 34.3 Å². The van der Waals surface area contributed by atoms with Gasteiger partial charge < -0.3 is 14.6 Å². The SMILES string of the molecule is CCOC(=O)c1ccc2c(c1)nc(SCC(=O)Nc1nc3c(C)cc(C)cc3s1)n2CC. The van der Waals surface area contributed by atoms with Gasteiger partial charge in [-0.3, -0.25) is 4.79 Å². The van der Waals surface area contributed by atoms with E-state index in [1.165, 1.54) is 28.7 Å². The number of aryl methyl sites for hydroxylation is 3. The number of benzene rings is 2. The van der Waals surface area contributed by atoms with E-state index in [0.29, 0.717) is 29.4 Å². The molecule has 0 atom stereocenters. The van der Waals surface area contributed by atoms with Crippen LogP contribution >= 0.6 is 23.1 Å². The van der Waals surface area contributed by atoms with Crippen molar-refractivity contribution in [1.82, 2.24) is 14.5 Å². The van der Waals surface area contributed by atoms with E-state index in [1.807, 2.05) is 24.5 Å². The zero-order chi connectivity index (χ0) is 22.8. The monoisotopic (exact) mass is 468 g/mol. The molecule has 0 aliphatic heterocycles. The molecule has 0 aliphatic carbocycles. The van der Waals surface area contributed by atoms with Crippen LogP contribution in [-0.2, 0) is 16.1 Å². The molecule has 7 nitrogen and oxygen atoms in total. The summed E-state index contributed by atoms with van der Waals surface area (Å²) in [4.78, 5) is 33.8. The Hall–Kier alpha value is -2.91. The van der Waals surface area contributed by atoms with Crippen LogP contribution in [0.15, 0.2) is 35.5 Å². The molecule has 166 valence electrons. The Kier molecular flexibility index (Phi) is 6.48. The van der Waals surface area contributed by atoms with Crippen molar-refractivity contribution in [3.63, 3.8) is 0 Å². The van der Waals surface area contributed by atoms with Gasteiger partial charge in [0.2, 0.25) is 5.91 Å². The van der Waals surface area contributed by atoms with Crippen molar-refractivity contribution in [2.24, 2.45) is 0 Å².